The molecular formula is C5H16ClNNaO2. The number of nitrogens with zero attached hydrogens (tertiary/aromatic N) is 1. The van der Waals surface area contributed by atoms with E-state index in [0.29, 0.717) is 0 Å². The minimum Gasteiger partial charge on any atom is -1.00 e. The zero-order valence-corrected chi connectivity index (χ0v) is 9.94. The molecule has 0 heterocycles. The molecule has 0 unspecified atom stereocenters. The second kappa shape index (κ2) is 10.2. The van der Waals surface area contributed by atoms with Gasteiger partial charge in [-0.2, -0.15) is 0 Å². The molecule has 0 bridgehead atoms. The van der Waals surface area contributed by atoms with E-state index in [-0.39, 0.29) is 54.0 Å². The van der Waals surface area contributed by atoms with Gasteiger partial charge in [0.25, 0.3) is 0 Å². The maximum Gasteiger partial charge on any atom is 0.101 e. The van der Waals surface area contributed by atoms with Crippen molar-refractivity contribution >= 4 is 29.6 Å². The van der Waals surface area contributed by atoms with Crippen molar-refractivity contribution in [3.05, 3.63) is 0 Å². The number of halogens is 1. The summed E-state index contributed by atoms with van der Waals surface area (Å²) in [5.41, 5.74) is 0. The molecule has 3 N–H and O–H groups in total. The first kappa shape index (κ1) is 22.5. The smallest absolute Gasteiger partial charge is 0.101 e. The molecule has 1 radical (unpaired) electrons. The van der Waals surface area contributed by atoms with Crippen LogP contribution >= 0.6 is 0 Å². The normalized spacial score (nSPS) is 8.40. The Labute approximate surface area is 91.0 Å². The molecule has 0 spiro atoms. The standard InChI is InChI=1S/C5H14NO.ClH.Na.H2O/c1-6(2,3)4-5-7;;;/h7H,4-5H2,1-3H3;1H;;1H2/q+1;;;/p-1. The van der Waals surface area contributed by atoms with Gasteiger partial charge in [0, 0.05) is 29.6 Å². The average molecular weight is 181 g/mol. The summed E-state index contributed by atoms with van der Waals surface area (Å²) in [7, 11) is 6.16. The summed E-state index contributed by atoms with van der Waals surface area (Å²) >= 11 is 0. The van der Waals surface area contributed by atoms with Crippen LogP contribution in [0.15, 0.2) is 0 Å². The van der Waals surface area contributed by atoms with Crippen LogP contribution in [0.5, 0.6) is 0 Å². The Kier molecular flexibility index (Phi) is 22.9. The molecule has 3 nitrogen and oxygen atoms in total. The van der Waals surface area contributed by atoms with Gasteiger partial charge >= 0.3 is 0 Å². The minimum absolute atomic E-state index is 0. The summed E-state index contributed by atoms with van der Waals surface area (Å²) in [6.45, 7) is 1.11. The van der Waals surface area contributed by atoms with Gasteiger partial charge in [0.15, 0.2) is 0 Å². The summed E-state index contributed by atoms with van der Waals surface area (Å²) in [6.07, 6.45) is 0. The zero-order chi connectivity index (χ0) is 5.91. The predicted molar refractivity (Wildman–Crippen MR) is 39.4 cm³/mol. The molecule has 0 aliphatic carbocycles. The van der Waals surface area contributed by atoms with Gasteiger partial charge in [0.2, 0.25) is 0 Å². The van der Waals surface area contributed by atoms with E-state index in [1.54, 1.807) is 0 Å². The molecule has 0 atom stereocenters. The summed E-state index contributed by atoms with van der Waals surface area (Å²) in [5, 5.41) is 8.39. The van der Waals surface area contributed by atoms with E-state index in [9.17, 15) is 0 Å². The summed E-state index contributed by atoms with van der Waals surface area (Å²) < 4.78 is 0.844. The third-order valence-electron chi connectivity index (χ3n) is 0.771. The molecule has 0 amide bonds. The Bertz CT molecular complexity index is 58.1. The fourth-order valence-electron chi connectivity index (χ4n) is 0.300. The molecule has 0 aliphatic rings. The molecule has 0 aromatic carbocycles. The third-order valence-corrected chi connectivity index (χ3v) is 0.771. The van der Waals surface area contributed by atoms with Crippen molar-refractivity contribution in [2.45, 2.75) is 0 Å². The van der Waals surface area contributed by atoms with Crippen LogP contribution in [0.3, 0.4) is 0 Å². The first-order valence-electron chi connectivity index (χ1n) is 2.47. The quantitative estimate of drug-likeness (QED) is 0.338. The Morgan fingerprint density at radius 2 is 1.50 bits per heavy atom. The fraction of sp³-hybridized carbons (Fsp3) is 1.00. The van der Waals surface area contributed by atoms with E-state index in [0.717, 1.165) is 11.0 Å². The Hall–Kier alpha value is 1.17. The van der Waals surface area contributed by atoms with Gasteiger partial charge < -0.3 is 27.5 Å². The molecule has 0 saturated heterocycles. The zero-order valence-electron chi connectivity index (χ0n) is 7.19. The minimum atomic E-state index is 0. The van der Waals surface area contributed by atoms with Crippen molar-refractivity contribution in [2.75, 3.05) is 34.3 Å². The van der Waals surface area contributed by atoms with Crippen LogP contribution < -0.4 is 12.4 Å². The largest absolute Gasteiger partial charge is 1.00 e. The maximum absolute atomic E-state index is 8.39. The van der Waals surface area contributed by atoms with Gasteiger partial charge in [-0.3, -0.25) is 0 Å². The van der Waals surface area contributed by atoms with Crippen molar-refractivity contribution in [3.8, 4) is 0 Å². The number of rotatable bonds is 2. The van der Waals surface area contributed by atoms with Crippen LogP contribution in [0.4, 0.5) is 0 Å². The summed E-state index contributed by atoms with van der Waals surface area (Å²) in [4.78, 5) is 0. The van der Waals surface area contributed by atoms with Crippen molar-refractivity contribution in [3.63, 3.8) is 0 Å². The Morgan fingerprint density at radius 1 is 1.20 bits per heavy atom. The van der Waals surface area contributed by atoms with Crippen molar-refractivity contribution < 1.29 is 27.5 Å². The monoisotopic (exact) mass is 180 g/mol. The van der Waals surface area contributed by atoms with Crippen molar-refractivity contribution in [2.24, 2.45) is 0 Å². The molecule has 0 aliphatic heterocycles. The van der Waals surface area contributed by atoms with E-state index in [2.05, 4.69) is 21.1 Å². The van der Waals surface area contributed by atoms with Gasteiger partial charge in [-0.15, -0.1) is 0 Å². The van der Waals surface area contributed by atoms with E-state index in [4.69, 9.17) is 5.11 Å². The van der Waals surface area contributed by atoms with Gasteiger partial charge in [-0.1, -0.05) is 0 Å². The third kappa shape index (κ3) is 22.9. The summed E-state index contributed by atoms with van der Waals surface area (Å²) in [5.74, 6) is 0. The second-order valence-electron chi connectivity index (χ2n) is 2.74. The number of hydrogen-bond acceptors (Lipinski definition) is 1. The molecule has 0 fully saturated rings. The Morgan fingerprint density at radius 3 is 1.50 bits per heavy atom. The van der Waals surface area contributed by atoms with Crippen LogP contribution in [-0.2, 0) is 0 Å². The number of quaternary nitrogens is 1. The van der Waals surface area contributed by atoms with Crippen LogP contribution in [0, 0.1) is 0 Å². The number of likely N-dealkylation sites (N-methyl/N-ethyl adjacent to an activating group) is 1. The molecule has 0 aromatic heterocycles. The predicted octanol–water partition coefficient (Wildman–Crippen LogP) is -4.52. The molecule has 61 valence electrons. The Balaban J connectivity index is -0.0000000600. The maximum atomic E-state index is 8.39. The number of aliphatic hydroxyl groups is 1. The fourth-order valence-corrected chi connectivity index (χ4v) is 0.300. The molecule has 0 aromatic rings. The van der Waals surface area contributed by atoms with Gasteiger partial charge in [0.05, 0.1) is 27.7 Å². The van der Waals surface area contributed by atoms with Crippen LogP contribution in [0.2, 0.25) is 0 Å². The van der Waals surface area contributed by atoms with Crippen molar-refractivity contribution in [1.29, 1.82) is 0 Å². The first-order chi connectivity index (χ1) is 3.06. The molecular weight excluding hydrogens is 165 g/mol. The van der Waals surface area contributed by atoms with Crippen molar-refractivity contribution in [1.82, 2.24) is 0 Å². The number of hydrogen-bond donors (Lipinski definition) is 1. The van der Waals surface area contributed by atoms with E-state index in [1.807, 2.05) is 0 Å². The van der Waals surface area contributed by atoms with E-state index < -0.39 is 0 Å². The van der Waals surface area contributed by atoms with Gasteiger partial charge in [0.1, 0.15) is 6.54 Å². The van der Waals surface area contributed by atoms with Crippen LogP contribution in [0.1, 0.15) is 0 Å². The molecule has 0 saturated carbocycles. The SMILES string of the molecule is C[N+](C)(C)CCO.O.[Cl-].[Na]. The van der Waals surface area contributed by atoms with Crippen LogP contribution in [-0.4, -0.2) is 78.9 Å². The number of aliphatic hydroxyl groups excluding tert-OH is 1. The van der Waals surface area contributed by atoms with E-state index >= 15 is 0 Å². The van der Waals surface area contributed by atoms with Crippen LogP contribution in [0.25, 0.3) is 0 Å². The topological polar surface area (TPSA) is 51.7 Å². The summed E-state index contributed by atoms with van der Waals surface area (Å²) in [6, 6.07) is 0. The van der Waals surface area contributed by atoms with Gasteiger partial charge in [-0.05, 0) is 0 Å². The average Bonchev–Trinajstić information content (AvgIpc) is 1.30. The molecule has 10 heavy (non-hydrogen) atoms. The second-order valence-corrected chi connectivity index (χ2v) is 2.74. The molecule has 0 rings (SSSR count). The molecule has 5 heteroatoms. The van der Waals surface area contributed by atoms with E-state index in [1.165, 1.54) is 0 Å². The van der Waals surface area contributed by atoms with Gasteiger partial charge in [-0.25, -0.2) is 0 Å². The first-order valence-corrected chi connectivity index (χ1v) is 2.47.